The molecule has 0 radical (unpaired) electrons. The van der Waals surface area contributed by atoms with Crippen molar-refractivity contribution in [3.8, 4) is 0 Å². The number of rotatable bonds is 4. The smallest absolute Gasteiger partial charge is 0.240 e. The number of hydrogen-bond acceptors (Lipinski definition) is 2. The van der Waals surface area contributed by atoms with Crippen molar-refractivity contribution in [3.63, 3.8) is 0 Å². The maximum atomic E-state index is 13.1. The van der Waals surface area contributed by atoms with Gasteiger partial charge in [0.05, 0.1) is 10.4 Å². The average Bonchev–Trinajstić information content (AvgIpc) is 2.92. The van der Waals surface area contributed by atoms with Crippen LogP contribution in [-0.2, 0) is 4.79 Å². The van der Waals surface area contributed by atoms with Crippen molar-refractivity contribution >= 4 is 28.8 Å². The van der Waals surface area contributed by atoms with E-state index in [0.29, 0.717) is 11.5 Å². The molecule has 0 aliphatic heterocycles. The lowest BCUT2D eigenvalue weighted by molar-refractivity contribution is -0.124. The first-order valence-corrected chi connectivity index (χ1v) is 7.61. The molecule has 2 N–H and O–H groups in total. The zero-order chi connectivity index (χ0) is 14.8. The van der Waals surface area contributed by atoms with Crippen molar-refractivity contribution in [3.05, 3.63) is 29.8 Å². The average molecular weight is 290 g/mol. The third kappa shape index (κ3) is 2.44. The number of hydrogen-bond donors (Lipinski definition) is 1. The Morgan fingerprint density at radius 1 is 1.35 bits per heavy atom. The number of thiocarbonyl (C=S) groups is 1. The van der Waals surface area contributed by atoms with Gasteiger partial charge in [-0.05, 0) is 38.3 Å². The lowest BCUT2D eigenvalue weighted by atomic mass is 9.84. The molecule has 1 saturated carbocycles. The number of anilines is 1. The first-order chi connectivity index (χ1) is 9.53. The van der Waals surface area contributed by atoms with Crippen LogP contribution in [0.25, 0.3) is 0 Å². The summed E-state index contributed by atoms with van der Waals surface area (Å²) >= 11 is 5.22. The van der Waals surface area contributed by atoms with Crippen molar-refractivity contribution in [1.82, 2.24) is 0 Å². The Morgan fingerprint density at radius 2 is 1.95 bits per heavy atom. The molecular weight excluding hydrogens is 268 g/mol. The topological polar surface area (TPSA) is 46.3 Å². The van der Waals surface area contributed by atoms with Gasteiger partial charge < -0.3 is 10.6 Å². The molecule has 4 heteroatoms. The Bertz CT molecular complexity index is 521. The molecule has 20 heavy (non-hydrogen) atoms. The van der Waals surface area contributed by atoms with Crippen LogP contribution in [0.1, 0.15) is 38.2 Å². The van der Waals surface area contributed by atoms with Gasteiger partial charge in [-0.2, -0.15) is 0 Å². The third-order valence-electron chi connectivity index (χ3n) is 4.31. The van der Waals surface area contributed by atoms with Crippen LogP contribution in [0.3, 0.4) is 0 Å². The fourth-order valence-electron chi connectivity index (χ4n) is 3.09. The third-order valence-corrected chi connectivity index (χ3v) is 4.70. The summed E-state index contributed by atoms with van der Waals surface area (Å²) in [5, 5.41) is 0. The SMILES string of the molecule is CCN(C(=O)C1(C(N)=S)CCCC1)c1ccccc1C. The number of amides is 1. The van der Waals surface area contributed by atoms with Crippen molar-refractivity contribution < 1.29 is 4.79 Å². The molecule has 1 aliphatic rings. The molecule has 0 atom stereocenters. The predicted octanol–water partition coefficient (Wildman–Crippen LogP) is 3.19. The molecule has 1 aromatic rings. The second-order valence-corrected chi connectivity index (χ2v) is 5.93. The molecule has 0 aromatic heterocycles. The number of nitrogens with two attached hydrogens (primary N) is 1. The van der Waals surface area contributed by atoms with Gasteiger partial charge in [-0.15, -0.1) is 0 Å². The van der Waals surface area contributed by atoms with E-state index in [1.54, 1.807) is 0 Å². The molecule has 0 heterocycles. The first kappa shape index (κ1) is 15.0. The summed E-state index contributed by atoms with van der Waals surface area (Å²) in [5.74, 6) is 0.0688. The zero-order valence-corrected chi connectivity index (χ0v) is 13.0. The molecule has 0 unspecified atom stereocenters. The van der Waals surface area contributed by atoms with Crippen molar-refractivity contribution in [2.75, 3.05) is 11.4 Å². The first-order valence-electron chi connectivity index (χ1n) is 7.20. The maximum absolute atomic E-state index is 13.1. The van der Waals surface area contributed by atoms with E-state index in [0.717, 1.165) is 36.9 Å². The number of aryl methyl sites for hydroxylation is 1. The molecule has 108 valence electrons. The number of benzene rings is 1. The van der Waals surface area contributed by atoms with E-state index in [4.69, 9.17) is 18.0 Å². The molecule has 1 aliphatic carbocycles. The molecule has 1 amide bonds. The number of nitrogens with zero attached hydrogens (tertiary/aromatic N) is 1. The summed E-state index contributed by atoms with van der Waals surface area (Å²) < 4.78 is 0. The quantitative estimate of drug-likeness (QED) is 0.866. The summed E-state index contributed by atoms with van der Waals surface area (Å²) in [6.45, 7) is 4.65. The van der Waals surface area contributed by atoms with Gasteiger partial charge in [-0.25, -0.2) is 0 Å². The second kappa shape index (κ2) is 5.92. The van der Waals surface area contributed by atoms with E-state index in [1.807, 2.05) is 43.0 Å². The van der Waals surface area contributed by atoms with Crippen LogP contribution in [0.5, 0.6) is 0 Å². The van der Waals surface area contributed by atoms with Gasteiger partial charge in [-0.3, -0.25) is 4.79 Å². The largest absolute Gasteiger partial charge is 0.392 e. The van der Waals surface area contributed by atoms with Crippen LogP contribution in [0.2, 0.25) is 0 Å². The van der Waals surface area contributed by atoms with Gasteiger partial charge in [-0.1, -0.05) is 43.3 Å². The summed E-state index contributed by atoms with van der Waals surface area (Å²) in [6, 6.07) is 7.95. The summed E-state index contributed by atoms with van der Waals surface area (Å²) in [6.07, 6.45) is 3.61. The van der Waals surface area contributed by atoms with E-state index in [-0.39, 0.29) is 5.91 Å². The molecular formula is C16H22N2OS. The van der Waals surface area contributed by atoms with Crippen molar-refractivity contribution in [1.29, 1.82) is 0 Å². The van der Waals surface area contributed by atoms with Crippen LogP contribution in [0.4, 0.5) is 5.69 Å². The molecule has 0 saturated heterocycles. The van der Waals surface area contributed by atoms with Gasteiger partial charge in [0, 0.05) is 12.2 Å². The van der Waals surface area contributed by atoms with E-state index < -0.39 is 5.41 Å². The Balaban J connectivity index is 2.39. The number of para-hydroxylation sites is 1. The number of carbonyl (C=O) groups excluding carboxylic acids is 1. The van der Waals surface area contributed by atoms with Crippen LogP contribution < -0.4 is 10.6 Å². The van der Waals surface area contributed by atoms with E-state index >= 15 is 0 Å². The normalized spacial score (nSPS) is 16.9. The zero-order valence-electron chi connectivity index (χ0n) is 12.2. The number of carbonyl (C=O) groups is 1. The fourth-order valence-corrected chi connectivity index (χ4v) is 3.38. The molecule has 2 rings (SSSR count). The maximum Gasteiger partial charge on any atom is 0.240 e. The Labute approximate surface area is 126 Å². The lowest BCUT2D eigenvalue weighted by Gasteiger charge is -2.33. The minimum atomic E-state index is -0.631. The molecule has 3 nitrogen and oxygen atoms in total. The molecule has 1 fully saturated rings. The highest BCUT2D eigenvalue weighted by Gasteiger charge is 2.46. The lowest BCUT2D eigenvalue weighted by Crippen LogP contribution is -2.49. The van der Waals surface area contributed by atoms with Crippen LogP contribution >= 0.6 is 12.2 Å². The standard InChI is InChI=1S/C16H22N2OS/c1-3-18(13-9-5-4-8-12(13)2)15(19)16(14(17)20)10-6-7-11-16/h4-5,8-9H,3,6-7,10-11H2,1-2H3,(H2,17,20). The highest BCUT2D eigenvalue weighted by Crippen LogP contribution is 2.41. The molecule has 0 spiro atoms. The Morgan fingerprint density at radius 3 is 2.45 bits per heavy atom. The highest BCUT2D eigenvalue weighted by molar-refractivity contribution is 7.80. The minimum absolute atomic E-state index is 0.0688. The summed E-state index contributed by atoms with van der Waals surface area (Å²) in [7, 11) is 0. The molecule has 1 aromatic carbocycles. The molecule has 0 bridgehead atoms. The second-order valence-electron chi connectivity index (χ2n) is 5.49. The van der Waals surface area contributed by atoms with Gasteiger partial charge in [0.15, 0.2) is 0 Å². The summed E-state index contributed by atoms with van der Waals surface area (Å²) in [4.78, 5) is 15.2. The van der Waals surface area contributed by atoms with Gasteiger partial charge >= 0.3 is 0 Å². The Hall–Kier alpha value is -1.42. The van der Waals surface area contributed by atoms with Crippen LogP contribution in [0.15, 0.2) is 24.3 Å². The Kier molecular flexibility index (Phi) is 4.43. The van der Waals surface area contributed by atoms with Crippen LogP contribution in [-0.4, -0.2) is 17.4 Å². The van der Waals surface area contributed by atoms with Gasteiger partial charge in [0.2, 0.25) is 5.91 Å². The highest BCUT2D eigenvalue weighted by atomic mass is 32.1. The van der Waals surface area contributed by atoms with E-state index in [2.05, 4.69) is 0 Å². The van der Waals surface area contributed by atoms with Crippen LogP contribution in [0, 0.1) is 12.3 Å². The summed E-state index contributed by atoms with van der Waals surface area (Å²) in [5.41, 5.74) is 7.35. The van der Waals surface area contributed by atoms with Gasteiger partial charge in [0.1, 0.15) is 0 Å². The van der Waals surface area contributed by atoms with Crippen molar-refractivity contribution in [2.45, 2.75) is 39.5 Å². The van der Waals surface area contributed by atoms with E-state index in [9.17, 15) is 4.79 Å². The predicted molar refractivity (Wildman–Crippen MR) is 86.9 cm³/mol. The minimum Gasteiger partial charge on any atom is -0.392 e. The van der Waals surface area contributed by atoms with Gasteiger partial charge in [0.25, 0.3) is 0 Å². The fraction of sp³-hybridized carbons (Fsp3) is 0.500. The van der Waals surface area contributed by atoms with Crippen molar-refractivity contribution in [2.24, 2.45) is 11.1 Å². The van der Waals surface area contributed by atoms with E-state index in [1.165, 1.54) is 0 Å². The monoisotopic (exact) mass is 290 g/mol.